The van der Waals surface area contributed by atoms with E-state index in [-0.39, 0.29) is 0 Å². The molecule has 0 unspecified atom stereocenters. The lowest BCUT2D eigenvalue weighted by Gasteiger charge is -2.14. The summed E-state index contributed by atoms with van der Waals surface area (Å²) in [7, 11) is 4.87. The Hall–Kier alpha value is -4.78. The summed E-state index contributed by atoms with van der Waals surface area (Å²) in [6.07, 6.45) is 14.1. The van der Waals surface area contributed by atoms with Gasteiger partial charge in [-0.1, -0.05) is 26.2 Å². The number of ether oxygens (including phenoxy) is 3. The van der Waals surface area contributed by atoms with Crippen LogP contribution in [0.4, 0.5) is 0 Å². The predicted octanol–water partition coefficient (Wildman–Crippen LogP) is 8.47. The van der Waals surface area contributed by atoms with Crippen molar-refractivity contribution in [2.45, 2.75) is 39.0 Å². The van der Waals surface area contributed by atoms with Crippen molar-refractivity contribution in [1.29, 1.82) is 0 Å². The van der Waals surface area contributed by atoms with Crippen LogP contribution in [0.3, 0.4) is 0 Å². The zero-order valence-electron chi connectivity index (χ0n) is 24.6. The minimum absolute atomic E-state index is 0.552. The highest BCUT2D eigenvalue weighted by atomic mass is 16.5. The van der Waals surface area contributed by atoms with Crippen LogP contribution in [-0.2, 0) is 6.42 Å². The van der Waals surface area contributed by atoms with Crippen molar-refractivity contribution in [3.8, 4) is 28.4 Å². The fraction of sp³-hybridized carbons (Fsp3) is 0.257. The molecule has 5 heterocycles. The molecule has 6 rings (SSSR count). The molecule has 3 aromatic heterocycles. The first-order valence-corrected chi connectivity index (χ1v) is 14.5. The third-order valence-electron chi connectivity index (χ3n) is 7.74. The van der Waals surface area contributed by atoms with Crippen LogP contribution in [0.25, 0.3) is 57.5 Å². The minimum Gasteiger partial charge on any atom is -0.493 e. The maximum absolute atomic E-state index is 5.68. The highest BCUT2D eigenvalue weighted by Gasteiger charge is 2.17. The van der Waals surface area contributed by atoms with Crippen LogP contribution < -0.4 is 14.2 Å². The van der Waals surface area contributed by atoms with Crippen molar-refractivity contribution in [2.75, 3.05) is 21.3 Å². The Kier molecular flexibility index (Phi) is 7.82. The molecule has 2 N–H and O–H groups in total. The highest BCUT2D eigenvalue weighted by molar-refractivity contribution is 5.95. The molecule has 0 amide bonds. The lowest BCUT2D eigenvalue weighted by Crippen LogP contribution is -1.96. The minimum atomic E-state index is 0.552. The number of aromatic amines is 2. The number of rotatable bonds is 9. The number of unbranched alkanes of at least 4 members (excludes halogenated alkanes) is 3. The fourth-order valence-electron chi connectivity index (χ4n) is 5.65. The van der Waals surface area contributed by atoms with Gasteiger partial charge in [0.2, 0.25) is 5.75 Å². The molecular formula is C35H36N4O3. The molecule has 0 atom stereocenters. The summed E-state index contributed by atoms with van der Waals surface area (Å²) in [5.74, 6) is 1.73. The van der Waals surface area contributed by atoms with E-state index in [9.17, 15) is 0 Å². The number of hydrogen-bond acceptors (Lipinski definition) is 5. The zero-order valence-corrected chi connectivity index (χ0v) is 24.6. The van der Waals surface area contributed by atoms with Crippen LogP contribution >= 0.6 is 0 Å². The molecule has 2 aliphatic rings. The average Bonchev–Trinajstić information content (AvgIpc) is 3.82. The van der Waals surface area contributed by atoms with E-state index in [1.54, 1.807) is 21.3 Å². The smallest absolute Gasteiger partial charge is 0.203 e. The normalized spacial score (nSPS) is 12.1. The number of H-pyrrole nitrogens is 2. The summed E-state index contributed by atoms with van der Waals surface area (Å²) in [6.45, 7) is 2.24. The second kappa shape index (κ2) is 12.0. The van der Waals surface area contributed by atoms with Crippen LogP contribution in [0.1, 0.15) is 60.9 Å². The molecule has 7 nitrogen and oxygen atoms in total. The average molecular weight is 561 g/mol. The van der Waals surface area contributed by atoms with Gasteiger partial charge in [-0.15, -0.1) is 0 Å². The monoisotopic (exact) mass is 560 g/mol. The molecule has 1 aromatic carbocycles. The van der Waals surface area contributed by atoms with E-state index in [4.69, 9.17) is 24.2 Å². The first kappa shape index (κ1) is 27.4. The number of benzene rings is 1. The van der Waals surface area contributed by atoms with E-state index in [1.165, 1.54) is 24.8 Å². The van der Waals surface area contributed by atoms with Crippen LogP contribution in [0.2, 0.25) is 0 Å². The molecule has 42 heavy (non-hydrogen) atoms. The molecule has 0 fully saturated rings. The standard InChI is InChI=1S/C35H36N4O3/c1-5-6-7-8-9-27-28-14-10-23(36-28)20-25-12-16-30(38-25)34(22-18-32(40-2)35(42-4)33(19-22)41-3)31-17-13-26(39-31)21-24-11-15-29(27)37-24/h10-21,38-39H,5-9H2,1-4H3. The number of aromatic nitrogens is 4. The molecular weight excluding hydrogens is 524 g/mol. The van der Waals surface area contributed by atoms with Crippen molar-refractivity contribution >= 4 is 46.4 Å². The molecule has 0 spiro atoms. The summed E-state index contributed by atoms with van der Waals surface area (Å²) in [4.78, 5) is 17.3. The van der Waals surface area contributed by atoms with Gasteiger partial charge in [0.15, 0.2) is 11.5 Å². The maximum Gasteiger partial charge on any atom is 0.203 e. The zero-order chi connectivity index (χ0) is 29.1. The molecule has 0 aliphatic carbocycles. The van der Waals surface area contributed by atoms with E-state index in [2.05, 4.69) is 77.6 Å². The van der Waals surface area contributed by atoms with Crippen molar-refractivity contribution in [3.05, 3.63) is 76.9 Å². The van der Waals surface area contributed by atoms with Gasteiger partial charge in [-0.05, 0) is 91.2 Å². The summed E-state index contributed by atoms with van der Waals surface area (Å²) < 4.78 is 17.0. The second-order valence-corrected chi connectivity index (χ2v) is 10.5. The first-order valence-electron chi connectivity index (χ1n) is 14.5. The van der Waals surface area contributed by atoms with E-state index in [1.807, 2.05) is 12.1 Å². The molecule has 0 radical (unpaired) electrons. The van der Waals surface area contributed by atoms with E-state index in [0.717, 1.165) is 68.8 Å². The molecule has 8 bridgehead atoms. The van der Waals surface area contributed by atoms with E-state index in [0.29, 0.717) is 17.2 Å². The maximum atomic E-state index is 5.68. The fourth-order valence-corrected chi connectivity index (χ4v) is 5.65. The van der Waals surface area contributed by atoms with Gasteiger partial charge < -0.3 is 24.2 Å². The lowest BCUT2D eigenvalue weighted by molar-refractivity contribution is 0.324. The van der Waals surface area contributed by atoms with Crippen LogP contribution in [0, 0.1) is 0 Å². The Morgan fingerprint density at radius 3 is 1.71 bits per heavy atom. The third kappa shape index (κ3) is 5.42. The Bertz CT molecular complexity index is 1720. The summed E-state index contributed by atoms with van der Waals surface area (Å²) in [5, 5.41) is 0. The quantitative estimate of drug-likeness (QED) is 0.173. The molecule has 214 valence electrons. The number of methoxy groups -OCH3 is 3. The first-order chi connectivity index (χ1) is 20.6. The van der Waals surface area contributed by atoms with Crippen LogP contribution in [0.5, 0.6) is 17.2 Å². The summed E-state index contributed by atoms with van der Waals surface area (Å²) in [5.41, 5.74) is 10.7. The van der Waals surface area contributed by atoms with Crippen LogP contribution in [-0.4, -0.2) is 41.3 Å². The Balaban J connectivity index is 1.61. The molecule has 2 aliphatic heterocycles. The van der Waals surface area contributed by atoms with E-state index < -0.39 is 0 Å². The van der Waals surface area contributed by atoms with E-state index >= 15 is 0 Å². The van der Waals surface area contributed by atoms with Crippen molar-refractivity contribution in [2.24, 2.45) is 0 Å². The van der Waals surface area contributed by atoms with Gasteiger partial charge in [-0.2, -0.15) is 0 Å². The Morgan fingerprint density at radius 2 is 1.21 bits per heavy atom. The highest BCUT2D eigenvalue weighted by Crippen LogP contribution is 2.42. The molecule has 7 heteroatoms. The van der Waals surface area contributed by atoms with Gasteiger partial charge >= 0.3 is 0 Å². The molecule has 4 aromatic rings. The van der Waals surface area contributed by atoms with Gasteiger partial charge in [0, 0.05) is 33.2 Å². The largest absolute Gasteiger partial charge is 0.493 e. The number of nitrogens with zero attached hydrogens (tertiary/aromatic N) is 2. The Morgan fingerprint density at radius 1 is 0.643 bits per heavy atom. The van der Waals surface area contributed by atoms with Crippen LogP contribution in [0.15, 0.2) is 48.5 Å². The van der Waals surface area contributed by atoms with Gasteiger partial charge in [-0.3, -0.25) is 0 Å². The summed E-state index contributed by atoms with van der Waals surface area (Å²) >= 11 is 0. The van der Waals surface area contributed by atoms with Gasteiger partial charge in [0.05, 0.1) is 44.1 Å². The number of fused-ring (bicyclic) bond motifs is 8. The predicted molar refractivity (Wildman–Crippen MR) is 172 cm³/mol. The van der Waals surface area contributed by atoms with Gasteiger partial charge in [0.1, 0.15) is 0 Å². The lowest BCUT2D eigenvalue weighted by atomic mass is 10.0. The van der Waals surface area contributed by atoms with Crippen molar-refractivity contribution in [3.63, 3.8) is 0 Å². The molecule has 0 saturated carbocycles. The SMILES string of the molecule is CCCCCCc1c2nc(cc3ccc([nH]3)c(-c3cc(OC)c(OC)c(OC)c3)c3ccc(cc4nc1C=C4)[nH]3)C=C2. The third-order valence-corrected chi connectivity index (χ3v) is 7.74. The van der Waals surface area contributed by atoms with Crippen molar-refractivity contribution < 1.29 is 14.2 Å². The van der Waals surface area contributed by atoms with Crippen molar-refractivity contribution in [1.82, 2.24) is 19.9 Å². The Labute approximate surface area is 245 Å². The number of nitrogens with one attached hydrogen (secondary N) is 2. The summed E-state index contributed by atoms with van der Waals surface area (Å²) in [6, 6.07) is 16.4. The topological polar surface area (TPSA) is 85.1 Å². The van der Waals surface area contributed by atoms with Gasteiger partial charge in [0.25, 0.3) is 0 Å². The molecule has 0 saturated heterocycles. The second-order valence-electron chi connectivity index (χ2n) is 10.5. The number of hydrogen-bond donors (Lipinski definition) is 2. The van der Waals surface area contributed by atoms with Gasteiger partial charge in [-0.25, -0.2) is 9.97 Å².